The second kappa shape index (κ2) is 4.53. The highest BCUT2D eigenvalue weighted by atomic mass is 35.5. The Bertz CT molecular complexity index is 608. The molecular formula is C11H11ClFN5. The number of aromatic nitrogens is 4. The molecule has 0 aliphatic heterocycles. The number of hydrogen-bond acceptors (Lipinski definition) is 4. The summed E-state index contributed by atoms with van der Waals surface area (Å²) in [6.45, 7) is 0. The zero-order valence-corrected chi connectivity index (χ0v) is 10.2. The number of nitrogens with zero attached hydrogens (tertiary/aromatic N) is 3. The van der Waals surface area contributed by atoms with Crippen molar-refractivity contribution in [3.63, 3.8) is 0 Å². The summed E-state index contributed by atoms with van der Waals surface area (Å²) < 4.78 is 12.9. The second-order valence-electron chi connectivity index (χ2n) is 4.21. The summed E-state index contributed by atoms with van der Waals surface area (Å²) in [7, 11) is 0. The van der Waals surface area contributed by atoms with Crippen molar-refractivity contribution >= 4 is 28.6 Å². The summed E-state index contributed by atoms with van der Waals surface area (Å²) in [5.41, 5.74) is 1.24. The van der Waals surface area contributed by atoms with Gasteiger partial charge in [-0.2, -0.15) is 9.97 Å². The van der Waals surface area contributed by atoms with E-state index in [9.17, 15) is 4.39 Å². The van der Waals surface area contributed by atoms with E-state index >= 15 is 0 Å². The van der Waals surface area contributed by atoms with Crippen LogP contribution in [0.5, 0.6) is 0 Å². The van der Waals surface area contributed by atoms with E-state index in [0.29, 0.717) is 24.3 Å². The van der Waals surface area contributed by atoms with Crippen molar-refractivity contribution in [3.05, 3.63) is 23.5 Å². The van der Waals surface area contributed by atoms with E-state index in [1.165, 1.54) is 0 Å². The molecule has 1 aliphatic rings. The average Bonchev–Trinajstić information content (AvgIpc) is 2.80. The largest absolute Gasteiger partial charge is 0.365 e. The third-order valence-electron chi connectivity index (χ3n) is 2.95. The normalized spacial score (nSPS) is 19.9. The Kier molecular flexibility index (Phi) is 2.87. The van der Waals surface area contributed by atoms with E-state index in [4.69, 9.17) is 11.6 Å². The number of fused-ring (bicyclic) bond motifs is 1. The molecule has 0 radical (unpaired) electrons. The topological polar surface area (TPSA) is 66.5 Å². The minimum Gasteiger partial charge on any atom is -0.365 e. The number of aromatic amines is 1. The molecule has 2 aromatic heterocycles. The van der Waals surface area contributed by atoms with Crippen LogP contribution < -0.4 is 5.32 Å². The Balaban J connectivity index is 1.88. The SMILES string of the molecule is FC1=CCC(Nc2nc(Cl)nc3nc[nH]c23)CC1. The molecule has 0 aromatic carbocycles. The van der Waals surface area contributed by atoms with Gasteiger partial charge in [0.2, 0.25) is 5.28 Å². The highest BCUT2D eigenvalue weighted by Crippen LogP contribution is 2.24. The summed E-state index contributed by atoms with van der Waals surface area (Å²) in [5.74, 6) is 0.573. The van der Waals surface area contributed by atoms with Gasteiger partial charge in [0.25, 0.3) is 0 Å². The molecule has 0 fully saturated rings. The Morgan fingerprint density at radius 3 is 3.11 bits per heavy atom. The Morgan fingerprint density at radius 1 is 1.44 bits per heavy atom. The van der Waals surface area contributed by atoms with Crippen LogP contribution >= 0.6 is 11.6 Å². The molecular weight excluding hydrogens is 257 g/mol. The number of rotatable bonds is 2. The van der Waals surface area contributed by atoms with Crippen LogP contribution in [0.4, 0.5) is 10.2 Å². The number of imidazole rings is 1. The lowest BCUT2D eigenvalue weighted by Gasteiger charge is -2.20. The van der Waals surface area contributed by atoms with Crippen molar-refractivity contribution in [2.24, 2.45) is 0 Å². The van der Waals surface area contributed by atoms with Gasteiger partial charge in [-0.15, -0.1) is 0 Å². The van der Waals surface area contributed by atoms with Gasteiger partial charge in [-0.3, -0.25) is 0 Å². The fraction of sp³-hybridized carbons (Fsp3) is 0.364. The summed E-state index contributed by atoms with van der Waals surface area (Å²) in [5, 5.41) is 3.40. The van der Waals surface area contributed by atoms with Gasteiger partial charge in [0.05, 0.1) is 12.2 Å². The highest BCUT2D eigenvalue weighted by molar-refractivity contribution is 6.28. The third kappa shape index (κ3) is 2.15. The van der Waals surface area contributed by atoms with Gasteiger partial charge >= 0.3 is 0 Å². The smallest absolute Gasteiger partial charge is 0.226 e. The predicted molar refractivity (Wildman–Crippen MR) is 67.1 cm³/mol. The molecule has 0 bridgehead atoms. The van der Waals surface area contributed by atoms with Crippen molar-refractivity contribution in [1.82, 2.24) is 19.9 Å². The molecule has 0 saturated heterocycles. The summed E-state index contributed by atoms with van der Waals surface area (Å²) >= 11 is 5.83. The first kappa shape index (κ1) is 11.4. The highest BCUT2D eigenvalue weighted by Gasteiger charge is 2.17. The molecule has 18 heavy (non-hydrogen) atoms. The van der Waals surface area contributed by atoms with Crippen molar-refractivity contribution in [2.75, 3.05) is 5.32 Å². The maximum atomic E-state index is 12.9. The average molecular weight is 268 g/mol. The van der Waals surface area contributed by atoms with Gasteiger partial charge in [0.15, 0.2) is 11.5 Å². The molecule has 1 unspecified atom stereocenters. The quantitative estimate of drug-likeness (QED) is 0.821. The van der Waals surface area contributed by atoms with Crippen molar-refractivity contribution in [3.8, 4) is 0 Å². The van der Waals surface area contributed by atoms with Gasteiger partial charge < -0.3 is 10.3 Å². The van der Waals surface area contributed by atoms with Crippen molar-refractivity contribution in [1.29, 1.82) is 0 Å². The molecule has 1 aliphatic carbocycles. The van der Waals surface area contributed by atoms with E-state index in [-0.39, 0.29) is 17.2 Å². The molecule has 1 atom stereocenters. The lowest BCUT2D eigenvalue weighted by atomic mass is 10.0. The first-order valence-electron chi connectivity index (χ1n) is 5.70. The van der Waals surface area contributed by atoms with E-state index in [0.717, 1.165) is 11.9 Å². The lowest BCUT2D eigenvalue weighted by Crippen LogP contribution is -2.22. The third-order valence-corrected chi connectivity index (χ3v) is 3.12. The van der Waals surface area contributed by atoms with Gasteiger partial charge in [-0.25, -0.2) is 9.37 Å². The first-order valence-corrected chi connectivity index (χ1v) is 6.08. The minimum atomic E-state index is -0.0412. The zero-order valence-electron chi connectivity index (χ0n) is 9.45. The standard InChI is InChI=1S/C11H11ClFN5/c12-11-17-9-8(14-5-15-9)10(18-11)16-7-3-1-6(13)2-4-7/h1,5,7H,2-4H2,(H2,14,15,16,17,18). The zero-order chi connectivity index (χ0) is 12.5. The molecule has 0 amide bonds. The summed E-state index contributed by atoms with van der Waals surface area (Å²) in [6.07, 6.45) is 4.99. The maximum Gasteiger partial charge on any atom is 0.226 e. The monoisotopic (exact) mass is 267 g/mol. The molecule has 5 nitrogen and oxygen atoms in total. The summed E-state index contributed by atoms with van der Waals surface area (Å²) in [4.78, 5) is 15.2. The molecule has 0 spiro atoms. The van der Waals surface area contributed by atoms with Crippen LogP contribution in [0.15, 0.2) is 18.2 Å². The van der Waals surface area contributed by atoms with E-state index < -0.39 is 0 Å². The van der Waals surface area contributed by atoms with E-state index in [1.807, 2.05) is 0 Å². The van der Waals surface area contributed by atoms with Crippen LogP contribution in [-0.2, 0) is 0 Å². The van der Waals surface area contributed by atoms with Crippen LogP contribution in [-0.4, -0.2) is 26.0 Å². The predicted octanol–water partition coefficient (Wildman–Crippen LogP) is 2.82. The van der Waals surface area contributed by atoms with Gasteiger partial charge in [-0.05, 0) is 24.4 Å². The minimum absolute atomic E-state index is 0.0412. The van der Waals surface area contributed by atoms with E-state index in [2.05, 4.69) is 25.3 Å². The van der Waals surface area contributed by atoms with Crippen LogP contribution in [0, 0.1) is 0 Å². The fourth-order valence-electron chi connectivity index (χ4n) is 2.04. The molecule has 2 N–H and O–H groups in total. The number of nitrogens with one attached hydrogen (secondary N) is 2. The Hall–Kier alpha value is -1.69. The number of hydrogen-bond donors (Lipinski definition) is 2. The number of allylic oxidation sites excluding steroid dienone is 1. The first-order chi connectivity index (χ1) is 8.72. The summed E-state index contributed by atoms with van der Waals surface area (Å²) in [6, 6.07) is 0.155. The molecule has 94 valence electrons. The molecule has 2 heterocycles. The van der Waals surface area contributed by atoms with Crippen LogP contribution in [0.1, 0.15) is 19.3 Å². The molecule has 7 heteroatoms. The lowest BCUT2D eigenvalue weighted by molar-refractivity contribution is 0.509. The van der Waals surface area contributed by atoms with Gasteiger partial charge in [-0.1, -0.05) is 6.08 Å². The fourth-order valence-corrected chi connectivity index (χ4v) is 2.20. The number of H-pyrrole nitrogens is 1. The molecule has 3 rings (SSSR count). The second-order valence-corrected chi connectivity index (χ2v) is 4.55. The van der Waals surface area contributed by atoms with Crippen molar-refractivity contribution in [2.45, 2.75) is 25.3 Å². The Labute approximate surface area is 107 Å². The van der Waals surface area contributed by atoms with Crippen LogP contribution in [0.25, 0.3) is 11.2 Å². The van der Waals surface area contributed by atoms with Crippen LogP contribution in [0.2, 0.25) is 5.28 Å². The Morgan fingerprint density at radius 2 is 2.33 bits per heavy atom. The van der Waals surface area contributed by atoms with Crippen LogP contribution in [0.3, 0.4) is 0 Å². The maximum absolute atomic E-state index is 12.9. The van der Waals surface area contributed by atoms with Crippen molar-refractivity contribution < 1.29 is 4.39 Å². The molecule has 2 aromatic rings. The van der Waals surface area contributed by atoms with Gasteiger partial charge in [0, 0.05) is 12.5 Å². The number of anilines is 1. The molecule has 0 saturated carbocycles. The van der Waals surface area contributed by atoms with Gasteiger partial charge in [0.1, 0.15) is 5.52 Å². The number of halogens is 2. The van der Waals surface area contributed by atoms with E-state index in [1.54, 1.807) is 12.4 Å².